The van der Waals surface area contributed by atoms with Gasteiger partial charge < -0.3 is 9.80 Å². The van der Waals surface area contributed by atoms with Crippen molar-refractivity contribution < 1.29 is 6.85 Å². The molecule has 3 nitrogen and oxygen atoms in total. The van der Waals surface area contributed by atoms with Gasteiger partial charge in [-0.2, -0.15) is 5.26 Å². The van der Waals surface area contributed by atoms with Gasteiger partial charge in [0.1, 0.15) is 0 Å². The molecule has 1 aliphatic heterocycles. The number of nitriles is 1. The highest BCUT2D eigenvalue weighted by atomic mass is 15.3. The van der Waals surface area contributed by atoms with E-state index in [9.17, 15) is 0 Å². The Balaban J connectivity index is 2.58. The van der Waals surface area contributed by atoms with E-state index in [-0.39, 0.29) is 48.4 Å². The number of nitrogens with zero attached hydrogens (tertiary/aromatic N) is 3. The van der Waals surface area contributed by atoms with Crippen LogP contribution in [0.1, 0.15) is 12.4 Å². The Labute approximate surface area is 90.5 Å². The third-order valence-corrected chi connectivity index (χ3v) is 1.80. The summed E-state index contributed by atoms with van der Waals surface area (Å²) in [4.78, 5) is 2.90. The van der Waals surface area contributed by atoms with Gasteiger partial charge in [0.2, 0.25) is 0 Å². The smallest absolute Gasteiger partial charge is 0.0991 e. The quantitative estimate of drug-likeness (QED) is 0.675. The minimum absolute atomic E-state index is 0.0156. The van der Waals surface area contributed by atoms with E-state index >= 15 is 0 Å². The van der Waals surface area contributed by atoms with E-state index in [1.165, 1.54) is 15.9 Å². The fourth-order valence-electron chi connectivity index (χ4n) is 1.11. The Hall–Kier alpha value is -1.95. The van der Waals surface area contributed by atoms with Crippen molar-refractivity contribution in [1.82, 2.24) is 4.90 Å². The van der Waals surface area contributed by atoms with Crippen LogP contribution in [0.15, 0.2) is 36.5 Å². The second-order valence-electron chi connectivity index (χ2n) is 2.90. The van der Waals surface area contributed by atoms with Crippen molar-refractivity contribution in [2.45, 2.75) is 0 Å². The second-order valence-corrected chi connectivity index (χ2v) is 2.90. The Kier molecular flexibility index (Phi) is 1.11. The van der Waals surface area contributed by atoms with Crippen molar-refractivity contribution in [3.63, 3.8) is 0 Å². The van der Waals surface area contributed by atoms with Crippen LogP contribution in [0.2, 0.25) is 0 Å². The lowest BCUT2D eigenvalue weighted by molar-refractivity contribution is 0.496. The molecule has 0 aromatic heterocycles. The lowest BCUT2D eigenvalue weighted by Crippen LogP contribution is -2.21. The summed E-state index contributed by atoms with van der Waals surface area (Å²) in [6, 6.07) is 2.35. The molecular formula is C11H11N3. The monoisotopic (exact) mass is 190 g/mol. The molecule has 0 unspecified atom stereocenters. The molecule has 0 amide bonds. The summed E-state index contributed by atoms with van der Waals surface area (Å²) in [5, 5.41) is 8.84. The van der Waals surface area contributed by atoms with E-state index < -0.39 is 0 Å². The van der Waals surface area contributed by atoms with Gasteiger partial charge in [-0.15, -0.1) is 0 Å². The van der Waals surface area contributed by atoms with Crippen LogP contribution >= 0.6 is 0 Å². The normalized spacial score (nSPS) is 21.0. The standard InChI is InChI=1S/C11H11N3/c1-13-6-7-14(9-13)11-4-2-10(8-12)3-5-11/h2-7H,9H2,1H3/i2D,3D,4D,6D,7D. The summed E-state index contributed by atoms with van der Waals surface area (Å²) in [5.74, 6) is 0. The van der Waals surface area contributed by atoms with Gasteiger partial charge in [-0.25, -0.2) is 0 Å². The third-order valence-electron chi connectivity index (χ3n) is 1.80. The highest BCUT2D eigenvalue weighted by Gasteiger charge is 2.09. The summed E-state index contributed by atoms with van der Waals surface area (Å²) in [7, 11) is 1.65. The number of hydrogen-bond donors (Lipinski definition) is 0. The highest BCUT2D eigenvalue weighted by Crippen LogP contribution is 2.18. The van der Waals surface area contributed by atoms with E-state index in [1.54, 1.807) is 13.1 Å². The minimum atomic E-state index is -0.320. The van der Waals surface area contributed by atoms with Crippen molar-refractivity contribution in [1.29, 1.82) is 5.26 Å². The molecule has 14 heavy (non-hydrogen) atoms. The molecule has 1 aromatic rings. The maximum absolute atomic E-state index is 8.84. The van der Waals surface area contributed by atoms with Crippen LogP contribution in [0.25, 0.3) is 0 Å². The summed E-state index contributed by atoms with van der Waals surface area (Å²) < 4.78 is 38.7. The zero-order valence-corrected chi connectivity index (χ0v) is 7.63. The van der Waals surface area contributed by atoms with E-state index in [1.807, 2.05) is 0 Å². The lowest BCUT2D eigenvalue weighted by Gasteiger charge is -2.17. The largest absolute Gasteiger partial charge is 0.361 e. The van der Waals surface area contributed by atoms with Crippen LogP contribution in [0.5, 0.6) is 0 Å². The number of benzene rings is 1. The molecule has 0 atom stereocenters. The summed E-state index contributed by atoms with van der Waals surface area (Å²) in [6.07, 6.45) is -0.0682. The third kappa shape index (κ3) is 1.55. The van der Waals surface area contributed by atoms with Crippen molar-refractivity contribution in [3.05, 3.63) is 42.1 Å². The molecular weight excluding hydrogens is 174 g/mol. The van der Waals surface area contributed by atoms with Gasteiger partial charge in [0.25, 0.3) is 0 Å². The Morgan fingerprint density at radius 2 is 2.29 bits per heavy atom. The van der Waals surface area contributed by atoms with Gasteiger partial charge in [-0.1, -0.05) is 0 Å². The van der Waals surface area contributed by atoms with Crippen LogP contribution in [0.3, 0.4) is 0 Å². The number of hydrogen-bond acceptors (Lipinski definition) is 3. The first kappa shape index (κ1) is 4.52. The SMILES string of the molecule is [2H]C1=C([2H])N(c2cc([2H])c(C#N)c([2H])c2[2H])CN1C. The molecule has 3 heteroatoms. The van der Waals surface area contributed by atoms with E-state index in [4.69, 9.17) is 12.1 Å². The molecule has 1 aliphatic rings. The summed E-state index contributed by atoms with van der Waals surface area (Å²) in [6.45, 7) is 0.217. The minimum Gasteiger partial charge on any atom is -0.361 e. The molecule has 0 radical (unpaired) electrons. The summed E-state index contributed by atoms with van der Waals surface area (Å²) in [5.41, 5.74) is 0.0519. The first-order chi connectivity index (χ1) is 8.88. The van der Waals surface area contributed by atoms with E-state index in [0.717, 1.165) is 0 Å². The molecule has 70 valence electrons. The highest BCUT2D eigenvalue weighted by molar-refractivity contribution is 5.52. The van der Waals surface area contributed by atoms with Gasteiger partial charge in [0.15, 0.2) is 0 Å². The van der Waals surface area contributed by atoms with Crippen LogP contribution < -0.4 is 4.90 Å². The maximum atomic E-state index is 8.84. The Morgan fingerprint density at radius 1 is 1.43 bits per heavy atom. The fraction of sp³-hybridized carbons (Fsp3) is 0.182. The molecule has 0 saturated carbocycles. The first-order valence-corrected chi connectivity index (χ1v) is 4.05. The number of rotatable bonds is 1. The predicted octanol–water partition coefficient (Wildman–Crippen LogP) is 1.74. The van der Waals surface area contributed by atoms with Crippen molar-refractivity contribution in [2.75, 3.05) is 18.6 Å². The molecule has 1 heterocycles. The summed E-state index contributed by atoms with van der Waals surface area (Å²) >= 11 is 0. The van der Waals surface area contributed by atoms with E-state index in [0.29, 0.717) is 0 Å². The first-order valence-electron chi connectivity index (χ1n) is 6.55. The topological polar surface area (TPSA) is 30.3 Å². The van der Waals surface area contributed by atoms with Gasteiger partial charge in [0, 0.05) is 25.1 Å². The van der Waals surface area contributed by atoms with Gasteiger partial charge in [-0.3, -0.25) is 0 Å². The average molecular weight is 190 g/mol. The molecule has 0 bridgehead atoms. The zero-order chi connectivity index (χ0) is 14.3. The van der Waals surface area contributed by atoms with Crippen LogP contribution in [0.4, 0.5) is 5.69 Å². The predicted molar refractivity (Wildman–Crippen MR) is 55.4 cm³/mol. The molecule has 0 fully saturated rings. The maximum Gasteiger partial charge on any atom is 0.0991 e. The molecule has 0 N–H and O–H groups in total. The Morgan fingerprint density at radius 3 is 2.93 bits per heavy atom. The van der Waals surface area contributed by atoms with Crippen LogP contribution in [0, 0.1) is 11.3 Å². The molecule has 0 aliphatic carbocycles. The molecule has 0 spiro atoms. The van der Waals surface area contributed by atoms with Gasteiger partial charge in [0.05, 0.1) is 25.2 Å². The van der Waals surface area contributed by atoms with Crippen molar-refractivity contribution in [3.8, 4) is 6.07 Å². The van der Waals surface area contributed by atoms with Crippen molar-refractivity contribution >= 4 is 5.69 Å². The van der Waals surface area contributed by atoms with Crippen LogP contribution in [-0.2, 0) is 0 Å². The van der Waals surface area contributed by atoms with E-state index in [2.05, 4.69) is 0 Å². The van der Waals surface area contributed by atoms with Crippen LogP contribution in [-0.4, -0.2) is 18.6 Å². The number of anilines is 1. The molecule has 1 aromatic carbocycles. The lowest BCUT2D eigenvalue weighted by atomic mass is 10.2. The average Bonchev–Trinajstić information content (AvgIpc) is 2.62. The zero-order valence-electron chi connectivity index (χ0n) is 12.6. The molecule has 0 saturated heterocycles. The van der Waals surface area contributed by atoms with Crippen molar-refractivity contribution in [2.24, 2.45) is 0 Å². The Bertz CT molecular complexity index is 620. The second kappa shape index (κ2) is 3.43. The van der Waals surface area contributed by atoms with Gasteiger partial charge in [-0.05, 0) is 24.2 Å². The molecule has 2 rings (SSSR count). The van der Waals surface area contributed by atoms with Gasteiger partial charge >= 0.3 is 0 Å². The fourth-order valence-corrected chi connectivity index (χ4v) is 1.11.